The lowest BCUT2D eigenvalue weighted by Crippen LogP contribution is -2.70. The molecule has 1 amide bonds. The molecule has 128 valence electrons. The Morgan fingerprint density at radius 3 is 2.83 bits per heavy atom. The van der Waals surface area contributed by atoms with Crippen LogP contribution in [0.3, 0.4) is 0 Å². The Labute approximate surface area is 140 Å². The number of carbonyl (C=O) groups is 1. The number of hydrogen-bond acceptors (Lipinski definition) is 5. The first-order chi connectivity index (χ1) is 11.3. The molecule has 0 radical (unpaired) electrons. The first-order valence-electron chi connectivity index (χ1n) is 8.34. The monoisotopic (exact) mass is 330 g/mol. The van der Waals surface area contributed by atoms with Crippen LogP contribution in [0.1, 0.15) is 42.2 Å². The van der Waals surface area contributed by atoms with Gasteiger partial charge < -0.3 is 20.3 Å². The van der Waals surface area contributed by atoms with Gasteiger partial charge in [-0.3, -0.25) is 14.5 Å². The summed E-state index contributed by atoms with van der Waals surface area (Å²) in [7, 11) is 0. The van der Waals surface area contributed by atoms with Crippen LogP contribution in [0.2, 0.25) is 0 Å². The summed E-state index contributed by atoms with van der Waals surface area (Å²) in [5.41, 5.74) is 4.89. The topological polar surface area (TPSA) is 91.8 Å². The molecule has 7 heteroatoms. The van der Waals surface area contributed by atoms with Gasteiger partial charge >= 0.3 is 0 Å². The molecule has 2 saturated heterocycles. The van der Waals surface area contributed by atoms with Crippen molar-refractivity contribution < 1.29 is 9.90 Å². The van der Waals surface area contributed by atoms with Crippen LogP contribution in [-0.4, -0.2) is 50.2 Å². The van der Waals surface area contributed by atoms with Crippen LogP contribution < -0.4 is 11.2 Å². The molecule has 0 saturated carbocycles. The predicted molar refractivity (Wildman–Crippen MR) is 89.4 cm³/mol. The first kappa shape index (κ1) is 15.3. The molecule has 0 aliphatic carbocycles. The number of aromatic nitrogens is 1. The van der Waals surface area contributed by atoms with Crippen molar-refractivity contribution in [3.05, 3.63) is 34.3 Å². The fourth-order valence-electron chi connectivity index (χ4n) is 4.62. The molecule has 7 nitrogen and oxygen atoms in total. The molecule has 2 fully saturated rings. The van der Waals surface area contributed by atoms with E-state index in [1.54, 1.807) is 15.7 Å². The summed E-state index contributed by atoms with van der Waals surface area (Å²) in [4.78, 5) is 29.5. The van der Waals surface area contributed by atoms with E-state index in [0.29, 0.717) is 19.1 Å². The number of rotatable bonds is 1. The molecule has 3 N–H and O–H groups in total. The van der Waals surface area contributed by atoms with Crippen LogP contribution in [0.15, 0.2) is 17.6 Å². The second-order valence-electron chi connectivity index (χ2n) is 7.17. The number of amides is 1. The summed E-state index contributed by atoms with van der Waals surface area (Å²) < 4.78 is 1.67. The Kier molecular flexibility index (Phi) is 3.09. The van der Waals surface area contributed by atoms with Gasteiger partial charge in [-0.25, -0.2) is 0 Å². The van der Waals surface area contributed by atoms with E-state index in [1.807, 2.05) is 0 Å². The lowest BCUT2D eigenvalue weighted by atomic mass is 9.95. The van der Waals surface area contributed by atoms with Crippen molar-refractivity contribution in [2.45, 2.75) is 44.4 Å². The van der Waals surface area contributed by atoms with E-state index in [0.717, 1.165) is 25.8 Å². The molecule has 4 rings (SSSR count). The van der Waals surface area contributed by atoms with Gasteiger partial charge in [0.05, 0.1) is 12.1 Å². The molecule has 2 atom stereocenters. The zero-order chi connectivity index (χ0) is 17.2. The summed E-state index contributed by atoms with van der Waals surface area (Å²) in [5.74, 6) is -0.826. The number of carbonyl (C=O) groups excluding carboxylic acids is 1. The third-order valence-corrected chi connectivity index (χ3v) is 5.78. The van der Waals surface area contributed by atoms with Crippen molar-refractivity contribution in [2.24, 2.45) is 5.73 Å². The molecule has 0 spiro atoms. The van der Waals surface area contributed by atoms with Gasteiger partial charge in [0, 0.05) is 31.0 Å². The second-order valence-corrected chi connectivity index (χ2v) is 7.17. The van der Waals surface area contributed by atoms with E-state index >= 15 is 0 Å². The van der Waals surface area contributed by atoms with Crippen molar-refractivity contribution in [3.63, 3.8) is 0 Å². The van der Waals surface area contributed by atoms with Crippen molar-refractivity contribution in [1.82, 2.24) is 14.4 Å². The molecule has 1 aromatic rings. The summed E-state index contributed by atoms with van der Waals surface area (Å²) in [6.45, 7) is 7.77. The summed E-state index contributed by atoms with van der Waals surface area (Å²) in [6.07, 6.45) is 4.78. The number of fused-ring (bicyclic) bond motifs is 4. The second kappa shape index (κ2) is 4.86. The molecular weight excluding hydrogens is 308 g/mol. The summed E-state index contributed by atoms with van der Waals surface area (Å²) >= 11 is 0. The molecule has 3 aliphatic heterocycles. The Morgan fingerprint density at radius 1 is 1.38 bits per heavy atom. The van der Waals surface area contributed by atoms with Gasteiger partial charge in [0.2, 0.25) is 5.43 Å². The van der Waals surface area contributed by atoms with Gasteiger partial charge in [-0.15, -0.1) is 0 Å². The molecule has 3 aliphatic rings. The van der Waals surface area contributed by atoms with Crippen LogP contribution in [0, 0.1) is 0 Å². The lowest BCUT2D eigenvalue weighted by molar-refractivity contribution is -0.0888. The van der Waals surface area contributed by atoms with E-state index in [4.69, 9.17) is 5.73 Å². The van der Waals surface area contributed by atoms with Crippen LogP contribution in [-0.2, 0) is 6.54 Å². The fourth-order valence-corrected chi connectivity index (χ4v) is 4.62. The normalized spacial score (nSPS) is 29.1. The number of hydrogen-bond donors (Lipinski definition) is 2. The zero-order valence-corrected chi connectivity index (χ0v) is 13.8. The van der Waals surface area contributed by atoms with Gasteiger partial charge in [-0.05, 0) is 26.2 Å². The fraction of sp³-hybridized carbons (Fsp3) is 0.529. The highest BCUT2D eigenvalue weighted by Crippen LogP contribution is 2.41. The van der Waals surface area contributed by atoms with Crippen molar-refractivity contribution in [3.8, 4) is 5.75 Å². The maximum absolute atomic E-state index is 13.0. The Bertz CT molecular complexity index is 815. The third-order valence-electron chi connectivity index (χ3n) is 5.78. The van der Waals surface area contributed by atoms with Crippen LogP contribution in [0.5, 0.6) is 5.75 Å². The summed E-state index contributed by atoms with van der Waals surface area (Å²) in [6, 6.07) is 0.498. The van der Waals surface area contributed by atoms with E-state index in [2.05, 4.69) is 18.4 Å². The minimum absolute atomic E-state index is 0.0557. The van der Waals surface area contributed by atoms with E-state index in [9.17, 15) is 14.7 Å². The Morgan fingerprint density at radius 2 is 2.12 bits per heavy atom. The first-order valence-corrected chi connectivity index (χ1v) is 8.34. The van der Waals surface area contributed by atoms with E-state index < -0.39 is 16.8 Å². The molecule has 0 unspecified atom stereocenters. The molecule has 0 bridgehead atoms. The lowest BCUT2D eigenvalue weighted by Gasteiger charge is -2.56. The van der Waals surface area contributed by atoms with Gasteiger partial charge in [0.1, 0.15) is 5.66 Å². The minimum Gasteiger partial charge on any atom is -0.503 e. The number of nitrogens with zero attached hydrogens (tertiary/aromatic N) is 3. The van der Waals surface area contributed by atoms with E-state index in [-0.39, 0.29) is 22.9 Å². The molecular formula is C17H22N4O3. The molecule has 24 heavy (non-hydrogen) atoms. The molecule has 4 heterocycles. The van der Waals surface area contributed by atoms with Gasteiger partial charge in [0.15, 0.2) is 11.4 Å². The highest BCUT2D eigenvalue weighted by atomic mass is 16.3. The SMILES string of the molecule is C=C(N)c1cn2c(c(O)c1=O)C(=O)N1CC[C@@H]3CCCN3[C@]1(C)C2. The predicted octanol–water partition coefficient (Wildman–Crippen LogP) is 0.523. The van der Waals surface area contributed by atoms with Crippen LogP contribution >= 0.6 is 0 Å². The van der Waals surface area contributed by atoms with Gasteiger partial charge in [0.25, 0.3) is 5.91 Å². The smallest absolute Gasteiger partial charge is 0.276 e. The van der Waals surface area contributed by atoms with Crippen molar-refractivity contribution in [2.75, 3.05) is 13.1 Å². The summed E-state index contributed by atoms with van der Waals surface area (Å²) in [5, 5.41) is 10.3. The average Bonchev–Trinajstić information content (AvgIpc) is 3.00. The number of aromatic hydroxyl groups is 1. The minimum atomic E-state index is -0.637. The average molecular weight is 330 g/mol. The highest BCUT2D eigenvalue weighted by Gasteiger charge is 2.52. The third kappa shape index (κ3) is 1.81. The maximum atomic E-state index is 13.0. The van der Waals surface area contributed by atoms with Gasteiger partial charge in [-0.1, -0.05) is 6.58 Å². The van der Waals surface area contributed by atoms with Crippen LogP contribution in [0.25, 0.3) is 5.70 Å². The maximum Gasteiger partial charge on any atom is 0.276 e. The zero-order valence-electron chi connectivity index (χ0n) is 13.8. The number of nitrogens with two attached hydrogens (primary N) is 1. The van der Waals surface area contributed by atoms with E-state index in [1.165, 1.54) is 0 Å². The standard InChI is InChI=1S/C17H22N4O3/c1-10(18)12-8-19-9-17(2)20-6-3-4-11(20)5-7-21(17)16(24)13(19)15(23)14(12)22/h8,11,23H,1,3-7,9,18H2,2H3/t11-,17-/m0/s1. The van der Waals surface area contributed by atoms with Crippen molar-refractivity contribution >= 4 is 11.6 Å². The van der Waals surface area contributed by atoms with Crippen LogP contribution in [0.4, 0.5) is 0 Å². The van der Waals surface area contributed by atoms with Gasteiger partial charge in [-0.2, -0.15) is 0 Å². The van der Waals surface area contributed by atoms with Crippen molar-refractivity contribution in [1.29, 1.82) is 0 Å². The Hall–Kier alpha value is -2.28. The molecule has 0 aromatic carbocycles. The molecule has 1 aromatic heterocycles. The number of pyridine rings is 1. The quantitative estimate of drug-likeness (QED) is 0.783. The largest absolute Gasteiger partial charge is 0.503 e. The highest BCUT2D eigenvalue weighted by molar-refractivity contribution is 5.96. The Balaban J connectivity index is 1.89.